The summed E-state index contributed by atoms with van der Waals surface area (Å²) >= 11 is 1.60. The lowest BCUT2D eigenvalue weighted by Gasteiger charge is -2.10. The van der Waals surface area contributed by atoms with Crippen molar-refractivity contribution in [3.63, 3.8) is 0 Å². The van der Waals surface area contributed by atoms with Crippen LogP contribution in [0.2, 0.25) is 0 Å². The number of aryl methyl sites for hydroxylation is 4. The summed E-state index contributed by atoms with van der Waals surface area (Å²) in [4.78, 5) is 12.1. The number of aromatic nitrogens is 1. The molecule has 3 aromatic rings. The molecule has 0 fully saturated rings. The molecule has 0 atom stereocenters. The molecule has 0 aliphatic carbocycles. The van der Waals surface area contributed by atoms with Gasteiger partial charge in [0.15, 0.2) is 0 Å². The van der Waals surface area contributed by atoms with E-state index in [1.54, 1.807) is 18.0 Å². The van der Waals surface area contributed by atoms with Crippen molar-refractivity contribution in [1.82, 2.24) is 9.99 Å². The van der Waals surface area contributed by atoms with Crippen LogP contribution in [0.4, 0.5) is 0 Å². The summed E-state index contributed by atoms with van der Waals surface area (Å²) in [5, 5.41) is 4.17. The number of thioether (sulfide) groups is 1. The average Bonchev–Trinajstić information content (AvgIpc) is 2.94. The molecule has 4 nitrogen and oxygen atoms in total. The van der Waals surface area contributed by atoms with Gasteiger partial charge in [-0.15, -0.1) is 11.8 Å². The maximum absolute atomic E-state index is 12.1. The van der Waals surface area contributed by atoms with Crippen molar-refractivity contribution < 1.29 is 4.79 Å². The van der Waals surface area contributed by atoms with E-state index in [0.29, 0.717) is 5.75 Å². The molecule has 0 radical (unpaired) electrons. The third-order valence-corrected chi connectivity index (χ3v) is 5.91. The molecular formula is C25H29N3OS. The number of rotatable bonds is 7. The van der Waals surface area contributed by atoms with E-state index in [2.05, 4.69) is 98.2 Å². The lowest BCUT2D eigenvalue weighted by atomic mass is 10.1. The molecule has 1 heterocycles. The van der Waals surface area contributed by atoms with Crippen LogP contribution in [-0.2, 0) is 10.5 Å². The van der Waals surface area contributed by atoms with Gasteiger partial charge in [-0.1, -0.05) is 41.5 Å². The largest absolute Gasteiger partial charge is 0.318 e. The summed E-state index contributed by atoms with van der Waals surface area (Å²) < 4.78 is 2.20. The van der Waals surface area contributed by atoms with Crippen LogP contribution >= 0.6 is 11.8 Å². The van der Waals surface area contributed by atoms with Crippen molar-refractivity contribution in [2.45, 2.75) is 40.4 Å². The highest BCUT2D eigenvalue weighted by atomic mass is 32.2. The number of hydrazone groups is 1. The Morgan fingerprint density at radius 3 is 2.43 bits per heavy atom. The Bertz CT molecular complexity index is 1060. The smallest absolute Gasteiger partial charge is 0.250 e. The number of hydrogen-bond donors (Lipinski definition) is 1. The SMILES string of the molecule is Cc1cc(C)cc(CSCC(=O)N/N=C\c2cc(C)n(-c3cccc(C)c3)c2C)c1. The topological polar surface area (TPSA) is 46.4 Å². The Hall–Kier alpha value is -2.79. The first-order valence-electron chi connectivity index (χ1n) is 10.1. The summed E-state index contributed by atoms with van der Waals surface area (Å²) in [5.74, 6) is 1.11. The van der Waals surface area contributed by atoms with E-state index in [9.17, 15) is 4.79 Å². The maximum atomic E-state index is 12.1. The fraction of sp³-hybridized carbons (Fsp3) is 0.280. The molecular weight excluding hydrogens is 390 g/mol. The number of nitrogens with one attached hydrogen (secondary N) is 1. The van der Waals surface area contributed by atoms with E-state index < -0.39 is 0 Å². The van der Waals surface area contributed by atoms with Gasteiger partial charge in [0.05, 0.1) is 12.0 Å². The van der Waals surface area contributed by atoms with Gasteiger partial charge in [-0.05, 0) is 63.9 Å². The third kappa shape index (κ3) is 5.63. The van der Waals surface area contributed by atoms with E-state index >= 15 is 0 Å². The van der Waals surface area contributed by atoms with Crippen LogP contribution in [0, 0.1) is 34.6 Å². The maximum Gasteiger partial charge on any atom is 0.250 e. The first-order chi connectivity index (χ1) is 14.3. The average molecular weight is 420 g/mol. The van der Waals surface area contributed by atoms with Gasteiger partial charge in [-0.2, -0.15) is 5.10 Å². The minimum atomic E-state index is -0.0897. The normalized spacial score (nSPS) is 11.2. The molecule has 0 saturated carbocycles. The van der Waals surface area contributed by atoms with Crippen molar-refractivity contribution in [2.24, 2.45) is 5.10 Å². The van der Waals surface area contributed by atoms with Gasteiger partial charge in [-0.3, -0.25) is 4.79 Å². The monoisotopic (exact) mass is 419 g/mol. The van der Waals surface area contributed by atoms with E-state index in [1.807, 2.05) is 0 Å². The molecule has 156 valence electrons. The Morgan fingerprint density at radius 2 is 1.73 bits per heavy atom. The van der Waals surface area contributed by atoms with Crippen molar-refractivity contribution >= 4 is 23.9 Å². The van der Waals surface area contributed by atoms with Crippen LogP contribution < -0.4 is 5.43 Å². The van der Waals surface area contributed by atoms with Gasteiger partial charge < -0.3 is 4.57 Å². The molecule has 0 spiro atoms. The molecule has 0 aliphatic rings. The summed E-state index contributed by atoms with van der Waals surface area (Å²) in [6, 6.07) is 17.0. The second-order valence-electron chi connectivity index (χ2n) is 7.78. The summed E-state index contributed by atoms with van der Waals surface area (Å²) in [6.45, 7) is 10.4. The number of carbonyl (C=O) groups is 1. The molecule has 0 bridgehead atoms. The highest BCUT2D eigenvalue weighted by molar-refractivity contribution is 7.99. The molecule has 3 rings (SSSR count). The zero-order valence-corrected chi connectivity index (χ0v) is 19.1. The quantitative estimate of drug-likeness (QED) is 0.411. The van der Waals surface area contributed by atoms with Crippen LogP contribution in [-0.4, -0.2) is 22.4 Å². The minimum absolute atomic E-state index is 0.0897. The van der Waals surface area contributed by atoms with Crippen LogP contribution in [0.1, 0.15) is 39.2 Å². The number of carbonyl (C=O) groups excluding carboxylic acids is 1. The molecule has 0 unspecified atom stereocenters. The summed E-state index contributed by atoms with van der Waals surface area (Å²) in [5.41, 5.74) is 12.0. The van der Waals surface area contributed by atoms with Crippen molar-refractivity contribution in [3.05, 3.63) is 87.7 Å². The van der Waals surface area contributed by atoms with Gasteiger partial charge in [0.25, 0.3) is 0 Å². The predicted octanol–water partition coefficient (Wildman–Crippen LogP) is 5.40. The third-order valence-electron chi connectivity index (χ3n) is 4.91. The zero-order chi connectivity index (χ0) is 21.7. The molecule has 2 aromatic carbocycles. The number of benzene rings is 2. The number of nitrogens with zero attached hydrogens (tertiary/aromatic N) is 2. The lowest BCUT2D eigenvalue weighted by molar-refractivity contribution is -0.118. The Labute approximate surface area is 183 Å². The molecule has 0 aliphatic heterocycles. The highest BCUT2D eigenvalue weighted by Crippen LogP contribution is 2.20. The zero-order valence-electron chi connectivity index (χ0n) is 18.3. The highest BCUT2D eigenvalue weighted by Gasteiger charge is 2.09. The summed E-state index contributed by atoms with van der Waals surface area (Å²) in [7, 11) is 0. The standard InChI is InChI=1S/C25H29N3OS/c1-17-7-6-8-24(12-17)28-20(4)13-23(21(28)5)14-26-27-25(29)16-30-15-22-10-18(2)9-19(3)11-22/h6-14H,15-16H2,1-5H3,(H,27,29)/b26-14-. The fourth-order valence-electron chi connectivity index (χ4n) is 3.70. The second kappa shape index (κ2) is 9.81. The van der Waals surface area contributed by atoms with Crippen LogP contribution in [0.5, 0.6) is 0 Å². The van der Waals surface area contributed by atoms with Crippen molar-refractivity contribution in [2.75, 3.05) is 5.75 Å². The van der Waals surface area contributed by atoms with Crippen molar-refractivity contribution in [1.29, 1.82) is 0 Å². The van der Waals surface area contributed by atoms with Crippen LogP contribution in [0.25, 0.3) is 5.69 Å². The number of hydrogen-bond acceptors (Lipinski definition) is 3. The van der Waals surface area contributed by atoms with Crippen LogP contribution in [0.3, 0.4) is 0 Å². The summed E-state index contributed by atoms with van der Waals surface area (Å²) in [6.07, 6.45) is 1.72. The van der Waals surface area contributed by atoms with E-state index in [1.165, 1.54) is 22.3 Å². The minimum Gasteiger partial charge on any atom is -0.318 e. The van der Waals surface area contributed by atoms with Gasteiger partial charge in [0.1, 0.15) is 0 Å². The second-order valence-corrected chi connectivity index (χ2v) is 8.77. The first kappa shape index (κ1) is 21.9. The van der Waals surface area contributed by atoms with Gasteiger partial charge in [-0.25, -0.2) is 5.43 Å². The Morgan fingerprint density at radius 1 is 1.00 bits per heavy atom. The van der Waals surface area contributed by atoms with Gasteiger partial charge >= 0.3 is 0 Å². The van der Waals surface area contributed by atoms with E-state index in [-0.39, 0.29) is 5.91 Å². The molecule has 1 amide bonds. The molecule has 1 N–H and O–H groups in total. The van der Waals surface area contributed by atoms with E-state index in [4.69, 9.17) is 0 Å². The molecule has 1 aromatic heterocycles. The first-order valence-corrected chi connectivity index (χ1v) is 11.2. The number of amides is 1. The Balaban J connectivity index is 1.56. The fourth-order valence-corrected chi connectivity index (χ4v) is 4.46. The molecule has 5 heteroatoms. The van der Waals surface area contributed by atoms with Crippen molar-refractivity contribution in [3.8, 4) is 5.69 Å². The molecule has 0 saturated heterocycles. The predicted molar refractivity (Wildman–Crippen MR) is 128 cm³/mol. The van der Waals surface area contributed by atoms with Crippen LogP contribution in [0.15, 0.2) is 53.6 Å². The lowest BCUT2D eigenvalue weighted by Crippen LogP contribution is -2.19. The van der Waals surface area contributed by atoms with Gasteiger partial charge in [0, 0.05) is 28.4 Å². The van der Waals surface area contributed by atoms with E-state index in [0.717, 1.165) is 28.4 Å². The van der Waals surface area contributed by atoms with Gasteiger partial charge in [0.2, 0.25) is 5.91 Å². The molecule has 30 heavy (non-hydrogen) atoms. The Kier molecular flexibility index (Phi) is 7.16.